The summed E-state index contributed by atoms with van der Waals surface area (Å²) >= 11 is 1.81. The van der Waals surface area contributed by atoms with Crippen LogP contribution in [0.15, 0.2) is 18.2 Å². The van der Waals surface area contributed by atoms with E-state index in [1.54, 1.807) is 7.11 Å². The van der Waals surface area contributed by atoms with Gasteiger partial charge in [0, 0.05) is 23.9 Å². The van der Waals surface area contributed by atoms with Gasteiger partial charge in [0.1, 0.15) is 5.75 Å². The van der Waals surface area contributed by atoms with Crippen LogP contribution in [0.4, 0.5) is 0 Å². The molecule has 1 aromatic rings. The molecule has 2 N–H and O–H groups in total. The summed E-state index contributed by atoms with van der Waals surface area (Å²) in [4.78, 5) is 0. The molecule has 0 bridgehead atoms. The van der Waals surface area contributed by atoms with Crippen molar-refractivity contribution in [3.63, 3.8) is 0 Å². The van der Waals surface area contributed by atoms with E-state index in [4.69, 9.17) is 4.74 Å². The summed E-state index contributed by atoms with van der Waals surface area (Å²) in [5.74, 6) is 0.743. The minimum Gasteiger partial charge on any atom is -0.496 e. The topological polar surface area (TPSA) is 41.5 Å². The molecule has 0 heterocycles. The van der Waals surface area contributed by atoms with E-state index >= 15 is 0 Å². The molecule has 2 atom stereocenters. The Bertz CT molecular complexity index is 371. The first-order chi connectivity index (χ1) is 8.58. The van der Waals surface area contributed by atoms with Gasteiger partial charge < -0.3 is 15.2 Å². The molecule has 1 aromatic carbocycles. The molecule has 0 aliphatic carbocycles. The zero-order chi connectivity index (χ0) is 13.5. The van der Waals surface area contributed by atoms with Crippen molar-refractivity contribution < 1.29 is 9.84 Å². The fourth-order valence-corrected chi connectivity index (χ4v) is 2.02. The Morgan fingerprint density at radius 2 is 2.11 bits per heavy atom. The van der Waals surface area contributed by atoms with Crippen LogP contribution in [-0.2, 0) is 0 Å². The van der Waals surface area contributed by atoms with Crippen molar-refractivity contribution in [1.82, 2.24) is 5.32 Å². The minimum atomic E-state index is -0.533. The number of benzene rings is 1. The summed E-state index contributed by atoms with van der Waals surface area (Å²) in [6.45, 7) is 5.62. The molecular weight excluding hydrogens is 246 g/mol. The van der Waals surface area contributed by atoms with Gasteiger partial charge in [-0.05, 0) is 25.3 Å². The average Bonchev–Trinajstić information content (AvgIpc) is 2.38. The van der Waals surface area contributed by atoms with E-state index in [0.29, 0.717) is 11.8 Å². The molecule has 4 heteroatoms. The van der Waals surface area contributed by atoms with Gasteiger partial charge in [0.2, 0.25) is 0 Å². The number of ether oxygens (including phenoxy) is 1. The fourth-order valence-electron chi connectivity index (χ4n) is 1.73. The van der Waals surface area contributed by atoms with Crippen LogP contribution >= 0.6 is 11.8 Å². The van der Waals surface area contributed by atoms with Crippen molar-refractivity contribution in [1.29, 1.82) is 0 Å². The van der Waals surface area contributed by atoms with Gasteiger partial charge in [-0.15, -0.1) is 0 Å². The molecule has 102 valence electrons. The summed E-state index contributed by atoms with van der Waals surface area (Å²) in [5.41, 5.74) is 1.98. The fraction of sp³-hybridized carbons (Fsp3) is 0.571. The van der Waals surface area contributed by atoms with E-state index in [1.165, 1.54) is 0 Å². The number of thioether (sulfide) groups is 1. The first kappa shape index (κ1) is 15.3. The number of hydrogen-bond donors (Lipinski definition) is 2. The van der Waals surface area contributed by atoms with Crippen molar-refractivity contribution in [2.45, 2.75) is 25.2 Å². The molecule has 18 heavy (non-hydrogen) atoms. The maximum atomic E-state index is 10.2. The van der Waals surface area contributed by atoms with Gasteiger partial charge in [0.25, 0.3) is 0 Å². The Balaban J connectivity index is 2.60. The summed E-state index contributed by atoms with van der Waals surface area (Å²) in [6.07, 6.45) is 1.56. The van der Waals surface area contributed by atoms with Crippen LogP contribution in [0.1, 0.15) is 24.2 Å². The predicted octanol–water partition coefficient (Wildman–Crippen LogP) is 2.38. The van der Waals surface area contributed by atoms with E-state index in [2.05, 4.69) is 18.5 Å². The summed E-state index contributed by atoms with van der Waals surface area (Å²) in [5, 5.41) is 14.0. The highest BCUT2D eigenvalue weighted by Gasteiger charge is 2.13. The second-order valence-corrected chi connectivity index (χ2v) is 5.74. The zero-order valence-corrected chi connectivity index (χ0v) is 12.4. The molecule has 0 aliphatic heterocycles. The Hall–Kier alpha value is -0.710. The summed E-state index contributed by atoms with van der Waals surface area (Å²) in [7, 11) is 1.63. The average molecular weight is 269 g/mol. The normalized spacial score (nSPS) is 14.3. The highest BCUT2D eigenvalue weighted by molar-refractivity contribution is 7.99. The molecule has 1 rings (SSSR count). The lowest BCUT2D eigenvalue weighted by atomic mass is 10.1. The number of aryl methyl sites for hydroxylation is 1. The van der Waals surface area contributed by atoms with Crippen molar-refractivity contribution in [3.8, 4) is 5.75 Å². The highest BCUT2D eigenvalue weighted by Crippen LogP contribution is 2.25. The molecule has 3 nitrogen and oxygen atoms in total. The summed E-state index contributed by atoms with van der Waals surface area (Å²) < 4.78 is 5.28. The second kappa shape index (κ2) is 7.67. The monoisotopic (exact) mass is 269 g/mol. The lowest BCUT2D eigenvalue weighted by Gasteiger charge is -2.17. The van der Waals surface area contributed by atoms with Crippen LogP contribution in [0.25, 0.3) is 0 Å². The largest absolute Gasteiger partial charge is 0.496 e. The van der Waals surface area contributed by atoms with Crippen molar-refractivity contribution >= 4 is 11.8 Å². The second-order valence-electron chi connectivity index (χ2n) is 4.47. The maximum absolute atomic E-state index is 10.2. The van der Waals surface area contributed by atoms with Gasteiger partial charge in [0.15, 0.2) is 0 Å². The van der Waals surface area contributed by atoms with E-state index in [1.807, 2.05) is 36.9 Å². The third-order valence-electron chi connectivity index (χ3n) is 2.92. The van der Waals surface area contributed by atoms with E-state index in [9.17, 15) is 5.11 Å². The van der Waals surface area contributed by atoms with Gasteiger partial charge in [-0.1, -0.05) is 18.6 Å². The predicted molar refractivity (Wildman–Crippen MR) is 78.5 cm³/mol. The van der Waals surface area contributed by atoms with Crippen molar-refractivity contribution in [3.05, 3.63) is 29.3 Å². The molecule has 0 aromatic heterocycles. The SMILES string of the molecule is COc1ccc(C)cc1C(O)CNCC(C)SC. The molecule has 0 saturated carbocycles. The maximum Gasteiger partial charge on any atom is 0.124 e. The first-order valence-corrected chi connectivity index (χ1v) is 7.43. The van der Waals surface area contributed by atoms with Crippen LogP contribution < -0.4 is 10.1 Å². The number of aliphatic hydroxyl groups is 1. The highest BCUT2D eigenvalue weighted by atomic mass is 32.2. The molecule has 0 aliphatic rings. The van der Waals surface area contributed by atoms with Gasteiger partial charge >= 0.3 is 0 Å². The van der Waals surface area contributed by atoms with E-state index in [0.717, 1.165) is 23.4 Å². The first-order valence-electron chi connectivity index (χ1n) is 6.14. The van der Waals surface area contributed by atoms with E-state index in [-0.39, 0.29) is 0 Å². The van der Waals surface area contributed by atoms with Gasteiger partial charge in [-0.2, -0.15) is 11.8 Å². The lowest BCUT2D eigenvalue weighted by Crippen LogP contribution is -2.27. The number of hydrogen-bond acceptors (Lipinski definition) is 4. The van der Waals surface area contributed by atoms with Crippen LogP contribution in [-0.4, -0.2) is 36.8 Å². The molecule has 0 saturated heterocycles. The Morgan fingerprint density at radius 3 is 2.72 bits per heavy atom. The molecule has 2 unspecified atom stereocenters. The van der Waals surface area contributed by atoms with Gasteiger partial charge in [-0.25, -0.2) is 0 Å². The van der Waals surface area contributed by atoms with E-state index < -0.39 is 6.10 Å². The third kappa shape index (κ3) is 4.52. The third-order valence-corrected chi connectivity index (χ3v) is 3.89. The minimum absolute atomic E-state index is 0.533. The molecule has 0 radical (unpaired) electrons. The van der Waals surface area contributed by atoms with Gasteiger partial charge in [-0.3, -0.25) is 0 Å². The number of rotatable bonds is 7. The Kier molecular flexibility index (Phi) is 6.54. The molecular formula is C14H23NO2S. The number of methoxy groups -OCH3 is 1. The molecule has 0 fully saturated rings. The van der Waals surface area contributed by atoms with Crippen LogP contribution in [0.5, 0.6) is 5.75 Å². The quantitative estimate of drug-likeness (QED) is 0.797. The van der Waals surface area contributed by atoms with Gasteiger partial charge in [0.05, 0.1) is 13.2 Å². The zero-order valence-electron chi connectivity index (χ0n) is 11.6. The number of nitrogens with one attached hydrogen (secondary N) is 1. The van der Waals surface area contributed by atoms with Crippen molar-refractivity contribution in [2.24, 2.45) is 0 Å². The van der Waals surface area contributed by atoms with Crippen LogP contribution in [0.3, 0.4) is 0 Å². The standard InChI is InChI=1S/C14H23NO2S/c1-10-5-6-14(17-3)12(7-10)13(16)9-15-8-11(2)18-4/h5-7,11,13,15-16H,8-9H2,1-4H3. The smallest absolute Gasteiger partial charge is 0.124 e. The lowest BCUT2D eigenvalue weighted by molar-refractivity contribution is 0.171. The van der Waals surface area contributed by atoms with Crippen molar-refractivity contribution in [2.75, 3.05) is 26.5 Å². The van der Waals surface area contributed by atoms with Crippen LogP contribution in [0, 0.1) is 6.92 Å². The number of aliphatic hydroxyl groups excluding tert-OH is 1. The van der Waals surface area contributed by atoms with Crippen LogP contribution in [0.2, 0.25) is 0 Å². The Morgan fingerprint density at radius 1 is 1.39 bits per heavy atom. The molecule has 0 amide bonds. The molecule has 0 spiro atoms. The Labute approximate surface area is 114 Å². The summed E-state index contributed by atoms with van der Waals surface area (Å²) in [6, 6.07) is 5.86.